The van der Waals surface area contributed by atoms with Gasteiger partial charge in [0.2, 0.25) is 5.91 Å². The van der Waals surface area contributed by atoms with Crippen molar-refractivity contribution in [2.45, 2.75) is 78.0 Å². The van der Waals surface area contributed by atoms with E-state index in [4.69, 9.17) is 0 Å². The zero-order valence-electron chi connectivity index (χ0n) is 12.3. The molecular formula is C15H28N2O. The minimum Gasteiger partial charge on any atom is -0.323 e. The first kappa shape index (κ1) is 13.9. The lowest BCUT2D eigenvalue weighted by Gasteiger charge is -2.39. The van der Waals surface area contributed by atoms with Crippen LogP contribution in [0.15, 0.2) is 0 Å². The van der Waals surface area contributed by atoms with Gasteiger partial charge >= 0.3 is 0 Å². The topological polar surface area (TPSA) is 32.3 Å². The minimum atomic E-state index is 0.0579. The predicted octanol–water partition coefficient (Wildman–Crippen LogP) is 2.76. The molecule has 0 spiro atoms. The molecule has 2 aliphatic rings. The van der Waals surface area contributed by atoms with E-state index in [1.165, 1.54) is 19.3 Å². The van der Waals surface area contributed by atoms with E-state index in [2.05, 4.69) is 37.9 Å². The summed E-state index contributed by atoms with van der Waals surface area (Å²) in [6, 6.07) is 0.521. The molecule has 1 aliphatic heterocycles. The van der Waals surface area contributed by atoms with E-state index in [9.17, 15) is 4.79 Å². The lowest BCUT2D eigenvalue weighted by molar-refractivity contribution is -0.133. The summed E-state index contributed by atoms with van der Waals surface area (Å²) < 4.78 is 0. The number of carbonyl (C=O) groups excluding carboxylic acids is 1. The number of amides is 1. The van der Waals surface area contributed by atoms with Gasteiger partial charge in [-0.05, 0) is 43.9 Å². The van der Waals surface area contributed by atoms with Crippen LogP contribution in [0.5, 0.6) is 0 Å². The maximum atomic E-state index is 12.5. The molecule has 1 saturated heterocycles. The van der Waals surface area contributed by atoms with Crippen molar-refractivity contribution in [2.24, 2.45) is 11.8 Å². The molecule has 3 nitrogen and oxygen atoms in total. The van der Waals surface area contributed by atoms with Crippen LogP contribution in [0.25, 0.3) is 0 Å². The number of hydrogen-bond donors (Lipinski definition) is 1. The summed E-state index contributed by atoms with van der Waals surface area (Å²) in [4.78, 5) is 14.7. The van der Waals surface area contributed by atoms with E-state index in [0.717, 1.165) is 24.7 Å². The molecule has 1 amide bonds. The van der Waals surface area contributed by atoms with Gasteiger partial charge in [0.25, 0.3) is 0 Å². The van der Waals surface area contributed by atoms with Gasteiger partial charge in [-0.15, -0.1) is 0 Å². The van der Waals surface area contributed by atoms with E-state index in [-0.39, 0.29) is 12.2 Å². The van der Waals surface area contributed by atoms with Crippen LogP contribution in [-0.4, -0.2) is 29.1 Å². The Labute approximate surface area is 111 Å². The molecular weight excluding hydrogens is 224 g/mol. The van der Waals surface area contributed by atoms with Crippen LogP contribution in [0.4, 0.5) is 0 Å². The molecule has 1 N–H and O–H groups in total. The molecule has 1 aliphatic carbocycles. The number of nitrogens with zero attached hydrogens (tertiary/aromatic N) is 1. The van der Waals surface area contributed by atoms with Gasteiger partial charge in [0.1, 0.15) is 0 Å². The molecule has 104 valence electrons. The van der Waals surface area contributed by atoms with Crippen LogP contribution in [0.2, 0.25) is 0 Å². The van der Waals surface area contributed by atoms with Gasteiger partial charge in [0, 0.05) is 6.04 Å². The lowest BCUT2D eigenvalue weighted by atomic mass is 9.79. The first-order chi connectivity index (χ1) is 8.56. The van der Waals surface area contributed by atoms with Crippen molar-refractivity contribution < 1.29 is 4.79 Å². The lowest BCUT2D eigenvalue weighted by Crippen LogP contribution is -2.47. The Balaban J connectivity index is 2.12. The zero-order chi connectivity index (χ0) is 13.3. The van der Waals surface area contributed by atoms with Crippen molar-refractivity contribution >= 4 is 5.91 Å². The molecule has 0 aromatic carbocycles. The molecule has 2 fully saturated rings. The number of hydrogen-bond acceptors (Lipinski definition) is 2. The average molecular weight is 252 g/mol. The Kier molecular flexibility index (Phi) is 4.31. The summed E-state index contributed by atoms with van der Waals surface area (Å²) in [6.45, 7) is 8.92. The Morgan fingerprint density at radius 2 is 1.72 bits per heavy atom. The highest BCUT2D eigenvalue weighted by molar-refractivity contribution is 5.84. The van der Waals surface area contributed by atoms with Gasteiger partial charge < -0.3 is 4.90 Å². The number of nitrogens with one attached hydrogen (secondary N) is 1. The Morgan fingerprint density at radius 3 is 2.22 bits per heavy atom. The Morgan fingerprint density at radius 1 is 1.11 bits per heavy atom. The Hall–Kier alpha value is -0.570. The average Bonchev–Trinajstić information content (AvgIpc) is 2.64. The van der Waals surface area contributed by atoms with Crippen molar-refractivity contribution in [1.82, 2.24) is 10.2 Å². The molecule has 0 aromatic rings. The predicted molar refractivity (Wildman–Crippen MR) is 74.1 cm³/mol. The van der Waals surface area contributed by atoms with E-state index >= 15 is 0 Å². The standard InChI is InChI=1S/C15H28N2O/c1-5-13-15(18)17(14(6-2)16-13)12-8-10(3)7-11(4)9-12/h10-14,16H,5-9H2,1-4H3. The number of rotatable bonds is 3. The van der Waals surface area contributed by atoms with Crippen LogP contribution in [0.1, 0.15) is 59.8 Å². The monoisotopic (exact) mass is 252 g/mol. The second-order valence-corrected chi connectivity index (χ2v) is 6.37. The molecule has 4 unspecified atom stereocenters. The van der Waals surface area contributed by atoms with Gasteiger partial charge in [-0.3, -0.25) is 10.1 Å². The van der Waals surface area contributed by atoms with E-state index < -0.39 is 0 Å². The smallest absolute Gasteiger partial charge is 0.241 e. The Bertz CT molecular complexity index is 295. The molecule has 0 aromatic heterocycles. The highest BCUT2D eigenvalue weighted by atomic mass is 16.2. The maximum Gasteiger partial charge on any atom is 0.241 e. The fraction of sp³-hybridized carbons (Fsp3) is 0.933. The third-order valence-electron chi connectivity index (χ3n) is 4.62. The molecule has 1 saturated carbocycles. The fourth-order valence-electron chi connectivity index (χ4n) is 3.89. The first-order valence-corrected chi connectivity index (χ1v) is 7.65. The van der Waals surface area contributed by atoms with Crippen molar-refractivity contribution in [3.8, 4) is 0 Å². The molecule has 0 radical (unpaired) electrons. The summed E-state index contributed by atoms with van der Waals surface area (Å²) in [7, 11) is 0. The van der Waals surface area contributed by atoms with Crippen LogP contribution < -0.4 is 5.32 Å². The van der Waals surface area contributed by atoms with Crippen molar-refractivity contribution in [2.75, 3.05) is 0 Å². The highest BCUT2D eigenvalue weighted by Gasteiger charge is 2.42. The molecule has 3 heteroatoms. The molecule has 1 heterocycles. The van der Waals surface area contributed by atoms with Crippen molar-refractivity contribution in [3.63, 3.8) is 0 Å². The van der Waals surface area contributed by atoms with Crippen LogP contribution in [0.3, 0.4) is 0 Å². The second-order valence-electron chi connectivity index (χ2n) is 6.37. The highest BCUT2D eigenvalue weighted by Crippen LogP contribution is 2.34. The maximum absolute atomic E-state index is 12.5. The number of carbonyl (C=O) groups is 1. The minimum absolute atomic E-state index is 0.0579. The van der Waals surface area contributed by atoms with Gasteiger partial charge in [-0.1, -0.05) is 27.7 Å². The van der Waals surface area contributed by atoms with Crippen molar-refractivity contribution in [3.05, 3.63) is 0 Å². The van der Waals surface area contributed by atoms with Gasteiger partial charge in [0.05, 0.1) is 12.2 Å². The van der Waals surface area contributed by atoms with Crippen LogP contribution in [-0.2, 0) is 4.79 Å². The first-order valence-electron chi connectivity index (χ1n) is 7.65. The normalized spacial score (nSPS) is 41.4. The summed E-state index contributed by atoms with van der Waals surface area (Å²) in [5, 5.41) is 3.49. The molecule has 4 atom stereocenters. The fourth-order valence-corrected chi connectivity index (χ4v) is 3.89. The van der Waals surface area contributed by atoms with E-state index in [0.29, 0.717) is 11.9 Å². The second kappa shape index (κ2) is 5.60. The van der Waals surface area contributed by atoms with Crippen LogP contribution in [0, 0.1) is 11.8 Å². The van der Waals surface area contributed by atoms with Gasteiger partial charge in [0.15, 0.2) is 0 Å². The van der Waals surface area contributed by atoms with E-state index in [1.807, 2.05) is 0 Å². The molecule has 18 heavy (non-hydrogen) atoms. The molecule has 2 rings (SSSR count). The quantitative estimate of drug-likeness (QED) is 0.837. The largest absolute Gasteiger partial charge is 0.323 e. The van der Waals surface area contributed by atoms with E-state index in [1.54, 1.807) is 0 Å². The summed E-state index contributed by atoms with van der Waals surface area (Å²) in [6.07, 6.45) is 5.88. The summed E-state index contributed by atoms with van der Waals surface area (Å²) in [5.74, 6) is 1.85. The summed E-state index contributed by atoms with van der Waals surface area (Å²) in [5.41, 5.74) is 0. The third kappa shape index (κ3) is 2.56. The van der Waals surface area contributed by atoms with Crippen LogP contribution >= 0.6 is 0 Å². The van der Waals surface area contributed by atoms with Gasteiger partial charge in [-0.25, -0.2) is 0 Å². The zero-order valence-corrected chi connectivity index (χ0v) is 12.3. The third-order valence-corrected chi connectivity index (χ3v) is 4.62. The SMILES string of the molecule is CCC1NC(CC)N(C2CC(C)CC(C)C2)C1=O. The molecule has 0 bridgehead atoms. The van der Waals surface area contributed by atoms with Gasteiger partial charge in [-0.2, -0.15) is 0 Å². The summed E-state index contributed by atoms with van der Waals surface area (Å²) >= 11 is 0. The van der Waals surface area contributed by atoms with Crippen molar-refractivity contribution in [1.29, 1.82) is 0 Å².